The van der Waals surface area contributed by atoms with Crippen LogP contribution < -0.4 is 14.4 Å². The number of ketones is 1. The first-order valence-electron chi connectivity index (χ1n) is 13.7. The second kappa shape index (κ2) is 13.7. The van der Waals surface area contributed by atoms with Gasteiger partial charge in [0.2, 0.25) is 10.9 Å². The fourth-order valence-electron chi connectivity index (χ4n) is 4.49. The molecule has 0 bridgehead atoms. The smallest absolute Gasteiger partial charge is 0.296 e. The second-order valence-electron chi connectivity index (χ2n) is 10.0. The van der Waals surface area contributed by atoms with Gasteiger partial charge in [0.15, 0.2) is 27.4 Å². The predicted molar refractivity (Wildman–Crippen MR) is 166 cm³/mol. The molecule has 0 spiro atoms. The number of benzene rings is 2. The summed E-state index contributed by atoms with van der Waals surface area (Å²) >= 11 is 8.90. The number of furan rings is 1. The van der Waals surface area contributed by atoms with Crippen LogP contribution in [0.4, 0.5) is 5.13 Å². The van der Waals surface area contributed by atoms with Gasteiger partial charge in [-0.3, -0.25) is 14.5 Å². The lowest BCUT2D eigenvalue weighted by Crippen LogP contribution is -2.31. The molecule has 0 saturated heterocycles. The zero-order chi connectivity index (χ0) is 30.5. The van der Waals surface area contributed by atoms with E-state index in [1.54, 1.807) is 24.3 Å². The van der Waals surface area contributed by atoms with Crippen LogP contribution in [-0.4, -0.2) is 40.2 Å². The number of aliphatic hydroxyl groups is 1. The van der Waals surface area contributed by atoms with Gasteiger partial charge in [0.05, 0.1) is 31.1 Å². The highest BCUT2D eigenvalue weighted by molar-refractivity contribution is 8.00. The highest BCUT2D eigenvalue weighted by Crippen LogP contribution is 2.45. The van der Waals surface area contributed by atoms with E-state index in [0.717, 1.165) is 12.0 Å². The molecule has 2 aromatic heterocycles. The molecular weight excluding hydrogens is 610 g/mol. The van der Waals surface area contributed by atoms with Gasteiger partial charge in [0.1, 0.15) is 0 Å². The molecule has 1 N–H and O–H groups in total. The van der Waals surface area contributed by atoms with Crippen molar-refractivity contribution in [2.45, 2.75) is 43.3 Å². The lowest BCUT2D eigenvalue weighted by Gasteiger charge is -2.25. The van der Waals surface area contributed by atoms with Crippen molar-refractivity contribution >= 4 is 51.5 Å². The standard InChI is InChI=1S/C31H30ClN3O6S2/c1-4-39-24-16-19(11-12-22(24)41-15-13-18(2)3)26-25(27(36)23-10-7-14-40-23)28(37)29(38)35(26)30-33-34-31(43-30)42-17-20-8-5-6-9-21(20)32/h5-12,14,16,18,26,37H,4,13,15,17H2,1-3H3. The summed E-state index contributed by atoms with van der Waals surface area (Å²) in [7, 11) is 0. The molecule has 12 heteroatoms. The number of rotatable bonds is 13. The molecule has 1 aliphatic rings. The minimum atomic E-state index is -1.02. The van der Waals surface area contributed by atoms with Gasteiger partial charge >= 0.3 is 0 Å². The van der Waals surface area contributed by atoms with Crippen molar-refractivity contribution in [1.82, 2.24) is 10.2 Å². The largest absolute Gasteiger partial charge is 0.503 e. The summed E-state index contributed by atoms with van der Waals surface area (Å²) in [5, 5.41) is 20.5. The average Bonchev–Trinajstić information content (AvgIpc) is 3.74. The fourth-order valence-corrected chi connectivity index (χ4v) is 6.64. The highest BCUT2D eigenvalue weighted by Gasteiger charge is 2.47. The summed E-state index contributed by atoms with van der Waals surface area (Å²) in [5.41, 5.74) is 1.33. The molecule has 0 aliphatic carbocycles. The number of Topliss-reactive ketones (excluding diaryl/α,β-unsaturated/α-hetero) is 1. The van der Waals surface area contributed by atoms with Crippen molar-refractivity contribution < 1.29 is 28.6 Å². The van der Waals surface area contributed by atoms with Crippen LogP contribution in [0, 0.1) is 5.92 Å². The van der Waals surface area contributed by atoms with Gasteiger partial charge < -0.3 is 19.0 Å². The molecule has 9 nitrogen and oxygen atoms in total. The van der Waals surface area contributed by atoms with E-state index in [0.29, 0.717) is 51.3 Å². The summed E-state index contributed by atoms with van der Waals surface area (Å²) in [6.45, 7) is 6.97. The van der Waals surface area contributed by atoms with Crippen molar-refractivity contribution in [3.8, 4) is 11.5 Å². The molecule has 0 saturated carbocycles. The Morgan fingerprint density at radius 3 is 2.67 bits per heavy atom. The van der Waals surface area contributed by atoms with E-state index < -0.39 is 23.5 Å². The molecule has 1 amide bonds. The number of hydrogen-bond donors (Lipinski definition) is 1. The summed E-state index contributed by atoms with van der Waals surface area (Å²) in [5.74, 6) is -0.0479. The SMILES string of the molecule is CCOc1cc(C2C(C(=O)c3ccco3)=C(O)C(=O)N2c2nnc(SCc3ccccc3Cl)s2)ccc1OCCC(C)C. The molecule has 4 aromatic rings. The molecule has 1 aliphatic heterocycles. The van der Waals surface area contributed by atoms with Crippen LogP contribution in [0.15, 0.2) is 80.9 Å². The van der Waals surface area contributed by atoms with Crippen LogP contribution >= 0.6 is 34.7 Å². The molecule has 0 fully saturated rings. The topological polar surface area (TPSA) is 115 Å². The van der Waals surface area contributed by atoms with Crippen LogP contribution in [-0.2, 0) is 10.5 Å². The maximum Gasteiger partial charge on any atom is 0.296 e. The molecule has 5 rings (SSSR count). The van der Waals surface area contributed by atoms with Crippen LogP contribution in [0.2, 0.25) is 5.02 Å². The monoisotopic (exact) mass is 639 g/mol. The molecule has 3 heterocycles. The van der Waals surface area contributed by atoms with E-state index in [2.05, 4.69) is 24.0 Å². The van der Waals surface area contributed by atoms with Crippen molar-refractivity contribution in [3.63, 3.8) is 0 Å². The number of ether oxygens (including phenoxy) is 2. The normalized spacial score (nSPS) is 15.0. The number of carbonyl (C=O) groups excluding carboxylic acids is 2. The fraction of sp³-hybridized carbons (Fsp3) is 0.290. The molecular formula is C31H30ClN3O6S2. The Morgan fingerprint density at radius 1 is 1.14 bits per heavy atom. The van der Waals surface area contributed by atoms with Crippen molar-refractivity contribution in [2.75, 3.05) is 18.1 Å². The van der Waals surface area contributed by atoms with Crippen LogP contribution in [0.25, 0.3) is 0 Å². The first-order chi connectivity index (χ1) is 20.8. The Balaban J connectivity index is 1.51. The quantitative estimate of drug-likeness (QED) is 0.0893. The maximum atomic E-state index is 13.6. The average molecular weight is 640 g/mol. The summed E-state index contributed by atoms with van der Waals surface area (Å²) in [4.78, 5) is 28.5. The number of aliphatic hydroxyl groups excluding tert-OH is 1. The Hall–Kier alpha value is -3.80. The molecule has 1 unspecified atom stereocenters. The van der Waals surface area contributed by atoms with Crippen molar-refractivity contribution in [3.05, 3.63) is 94.1 Å². The molecule has 1 atom stereocenters. The van der Waals surface area contributed by atoms with E-state index >= 15 is 0 Å². The van der Waals surface area contributed by atoms with Crippen LogP contribution in [0.3, 0.4) is 0 Å². The molecule has 0 radical (unpaired) electrons. The van der Waals surface area contributed by atoms with E-state index in [1.807, 2.05) is 31.2 Å². The summed E-state index contributed by atoms with van der Waals surface area (Å²) in [6.07, 6.45) is 2.22. The van der Waals surface area contributed by atoms with E-state index in [1.165, 1.54) is 40.3 Å². The zero-order valence-electron chi connectivity index (χ0n) is 23.8. The number of amides is 1. The molecule has 2 aromatic carbocycles. The van der Waals surface area contributed by atoms with Gasteiger partial charge in [-0.1, -0.05) is 72.8 Å². The van der Waals surface area contributed by atoms with E-state index in [4.69, 9.17) is 25.5 Å². The number of carbonyl (C=O) groups is 2. The number of thioether (sulfide) groups is 1. The number of nitrogens with zero attached hydrogens (tertiary/aromatic N) is 3. The van der Waals surface area contributed by atoms with Gasteiger partial charge in [-0.2, -0.15) is 0 Å². The summed E-state index contributed by atoms with van der Waals surface area (Å²) < 4.78 is 17.8. The third-order valence-corrected chi connectivity index (χ3v) is 9.12. The zero-order valence-corrected chi connectivity index (χ0v) is 26.2. The Bertz CT molecular complexity index is 1640. The number of anilines is 1. The second-order valence-corrected chi connectivity index (χ2v) is 12.6. The van der Waals surface area contributed by atoms with Gasteiger partial charge in [-0.25, -0.2) is 0 Å². The minimum Gasteiger partial charge on any atom is -0.503 e. The minimum absolute atomic E-state index is 0.00637. The first-order valence-corrected chi connectivity index (χ1v) is 15.9. The lowest BCUT2D eigenvalue weighted by molar-refractivity contribution is -0.117. The van der Waals surface area contributed by atoms with Crippen LogP contribution in [0.5, 0.6) is 11.5 Å². The number of hydrogen-bond acceptors (Lipinski definition) is 10. The van der Waals surface area contributed by atoms with Gasteiger partial charge in [0.25, 0.3) is 5.91 Å². The third-order valence-electron chi connectivity index (χ3n) is 6.64. The van der Waals surface area contributed by atoms with Crippen molar-refractivity contribution in [1.29, 1.82) is 0 Å². The maximum absolute atomic E-state index is 13.6. The van der Waals surface area contributed by atoms with E-state index in [9.17, 15) is 14.7 Å². The van der Waals surface area contributed by atoms with Crippen molar-refractivity contribution in [2.24, 2.45) is 5.92 Å². The number of aromatic nitrogens is 2. The van der Waals surface area contributed by atoms with Gasteiger partial charge in [-0.15, -0.1) is 10.2 Å². The van der Waals surface area contributed by atoms with Gasteiger partial charge in [0, 0.05) is 10.8 Å². The van der Waals surface area contributed by atoms with Gasteiger partial charge in [-0.05, 0) is 60.7 Å². The highest BCUT2D eigenvalue weighted by atomic mass is 35.5. The Labute approximate surface area is 262 Å². The van der Waals surface area contributed by atoms with E-state index in [-0.39, 0.29) is 16.5 Å². The number of halogens is 1. The summed E-state index contributed by atoms with van der Waals surface area (Å²) in [6, 6.07) is 14.8. The Kier molecular flexibility index (Phi) is 9.74. The first kappa shape index (κ1) is 30.7. The van der Waals surface area contributed by atoms with Crippen LogP contribution in [0.1, 0.15) is 54.9 Å². The third kappa shape index (κ3) is 6.74. The molecule has 43 heavy (non-hydrogen) atoms. The Morgan fingerprint density at radius 2 is 1.95 bits per heavy atom. The predicted octanol–water partition coefficient (Wildman–Crippen LogP) is 7.68. The lowest BCUT2D eigenvalue weighted by atomic mass is 9.95. The molecule has 224 valence electrons.